The van der Waals surface area contributed by atoms with Crippen molar-refractivity contribution in [3.05, 3.63) is 83.2 Å². The molecule has 5 aromatic rings. The van der Waals surface area contributed by atoms with Crippen molar-refractivity contribution in [2.24, 2.45) is 0 Å². The first-order valence-corrected chi connectivity index (χ1v) is 10.7. The Bertz CT molecular complexity index is 1570. The molecule has 0 aliphatic carbocycles. The minimum absolute atomic E-state index is 0.154. The zero-order valence-corrected chi connectivity index (χ0v) is 18.8. The number of aryl methyl sites for hydroxylation is 1. The van der Waals surface area contributed by atoms with Gasteiger partial charge in [0.1, 0.15) is 18.1 Å². The van der Waals surface area contributed by atoms with Gasteiger partial charge in [0.05, 0.1) is 12.1 Å². The molecule has 3 heterocycles. The quantitative estimate of drug-likeness (QED) is 0.327. The van der Waals surface area contributed by atoms with E-state index in [1.807, 2.05) is 12.1 Å². The average Bonchev–Trinajstić information content (AvgIpc) is 3.42. The van der Waals surface area contributed by atoms with Crippen molar-refractivity contribution in [2.45, 2.75) is 19.8 Å². The van der Waals surface area contributed by atoms with Crippen LogP contribution in [0.2, 0.25) is 0 Å². The lowest BCUT2D eigenvalue weighted by atomic mass is 10.1. The van der Waals surface area contributed by atoms with Crippen molar-refractivity contribution in [3.8, 4) is 34.1 Å². The van der Waals surface area contributed by atoms with Crippen molar-refractivity contribution in [2.75, 3.05) is 6.61 Å². The molecule has 12 heteroatoms. The Morgan fingerprint density at radius 2 is 1.75 bits per heavy atom. The molecule has 5 rings (SSSR count). The topological polar surface area (TPSA) is 96.7 Å². The maximum absolute atomic E-state index is 12.9. The van der Waals surface area contributed by atoms with Crippen LogP contribution in [-0.2, 0) is 6.54 Å². The van der Waals surface area contributed by atoms with Gasteiger partial charge in [-0.3, -0.25) is 0 Å². The summed E-state index contributed by atoms with van der Waals surface area (Å²) in [6.07, 6.45) is -3.19. The minimum atomic E-state index is -4.76. The Hall–Kier alpha value is -4.61. The van der Waals surface area contributed by atoms with Crippen LogP contribution in [0.1, 0.15) is 5.82 Å². The van der Waals surface area contributed by atoms with Gasteiger partial charge in [0, 0.05) is 6.20 Å². The molecule has 184 valence electrons. The van der Waals surface area contributed by atoms with Crippen LogP contribution in [0, 0.1) is 6.92 Å². The van der Waals surface area contributed by atoms with Crippen LogP contribution in [0.4, 0.5) is 13.2 Å². The Morgan fingerprint density at radius 1 is 1.00 bits per heavy atom. The monoisotopic (exact) mass is 497 g/mol. The number of rotatable bonds is 7. The summed E-state index contributed by atoms with van der Waals surface area (Å²) in [5.41, 5.74) is 1.91. The number of benzene rings is 2. The van der Waals surface area contributed by atoms with E-state index < -0.39 is 6.36 Å². The summed E-state index contributed by atoms with van der Waals surface area (Å²) in [5.74, 6) is 1.03. The second kappa shape index (κ2) is 9.21. The third kappa shape index (κ3) is 4.92. The summed E-state index contributed by atoms with van der Waals surface area (Å²) in [6.45, 7) is 2.05. The fourth-order valence-electron chi connectivity index (χ4n) is 3.60. The number of aromatic nitrogens is 5. The molecule has 0 N–H and O–H groups in total. The molecule has 0 saturated heterocycles. The van der Waals surface area contributed by atoms with Crippen LogP contribution < -0.4 is 15.2 Å². The van der Waals surface area contributed by atoms with E-state index in [0.29, 0.717) is 39.8 Å². The van der Waals surface area contributed by atoms with Gasteiger partial charge in [0.25, 0.3) is 5.89 Å². The molecule has 0 aliphatic rings. The van der Waals surface area contributed by atoms with Gasteiger partial charge in [0.15, 0.2) is 11.5 Å². The van der Waals surface area contributed by atoms with Crippen LogP contribution in [0.15, 0.2) is 76.2 Å². The number of halogens is 3. The second-order valence-corrected chi connectivity index (χ2v) is 7.72. The van der Waals surface area contributed by atoms with Crippen LogP contribution in [0.25, 0.3) is 28.2 Å². The maximum Gasteiger partial charge on any atom is 0.573 e. The first-order valence-electron chi connectivity index (χ1n) is 10.7. The molecule has 0 aliphatic heterocycles. The summed E-state index contributed by atoms with van der Waals surface area (Å²) < 4.78 is 54.8. The highest BCUT2D eigenvalue weighted by molar-refractivity contribution is 5.65. The maximum atomic E-state index is 12.9. The predicted molar refractivity (Wildman–Crippen MR) is 122 cm³/mol. The third-order valence-corrected chi connectivity index (χ3v) is 5.20. The molecule has 3 aromatic heterocycles. The number of hydrogen-bond donors (Lipinski definition) is 0. The Labute approximate surface area is 201 Å². The van der Waals surface area contributed by atoms with Crippen molar-refractivity contribution >= 4 is 5.65 Å². The first-order chi connectivity index (χ1) is 17.3. The van der Waals surface area contributed by atoms with Crippen LogP contribution >= 0.6 is 0 Å². The van der Waals surface area contributed by atoms with Gasteiger partial charge in [-0.25, -0.2) is 13.9 Å². The van der Waals surface area contributed by atoms with Crippen molar-refractivity contribution in [1.29, 1.82) is 0 Å². The van der Waals surface area contributed by atoms with E-state index in [0.717, 1.165) is 0 Å². The molecule has 0 atom stereocenters. The van der Waals surface area contributed by atoms with Gasteiger partial charge in [-0.15, -0.1) is 18.3 Å². The van der Waals surface area contributed by atoms with E-state index in [9.17, 15) is 18.0 Å². The Balaban J connectivity index is 1.31. The fraction of sp³-hybridized carbons (Fsp3) is 0.167. The predicted octanol–water partition coefficient (Wildman–Crippen LogP) is 4.50. The van der Waals surface area contributed by atoms with Gasteiger partial charge in [-0.2, -0.15) is 4.98 Å². The molecule has 0 radical (unpaired) electrons. The summed E-state index contributed by atoms with van der Waals surface area (Å²) in [6, 6.07) is 16.0. The summed E-state index contributed by atoms with van der Waals surface area (Å²) in [5, 5.41) is 8.11. The normalized spacial score (nSPS) is 11.7. The molecule has 36 heavy (non-hydrogen) atoms. The Kier molecular flexibility index (Phi) is 5.92. The number of alkyl halides is 3. The van der Waals surface area contributed by atoms with Crippen molar-refractivity contribution < 1.29 is 27.2 Å². The highest BCUT2D eigenvalue weighted by atomic mass is 19.4. The van der Waals surface area contributed by atoms with Gasteiger partial charge in [-0.1, -0.05) is 29.4 Å². The van der Waals surface area contributed by atoms with E-state index in [1.165, 1.54) is 33.3 Å². The number of pyridine rings is 1. The zero-order valence-electron chi connectivity index (χ0n) is 18.8. The van der Waals surface area contributed by atoms with Crippen LogP contribution in [0.5, 0.6) is 11.5 Å². The minimum Gasteiger partial charge on any atom is -0.491 e. The van der Waals surface area contributed by atoms with Crippen LogP contribution in [-0.4, -0.2) is 37.3 Å². The number of ether oxygens (including phenoxy) is 2. The standard InChI is InChI=1S/C24H18F3N5O4/c1-15-28-22(36-30-15)19-4-2-3-5-20(19)34-13-12-32-23(33)31-14-17(8-11-21(31)29-32)16-6-9-18(10-7-16)35-24(25,26)27/h2-11,14H,12-13H2,1H3. The first kappa shape index (κ1) is 23.1. The molecule has 2 aromatic carbocycles. The molecule has 0 amide bonds. The van der Waals surface area contributed by atoms with Gasteiger partial charge in [0.2, 0.25) is 0 Å². The van der Waals surface area contributed by atoms with E-state index >= 15 is 0 Å². The molecule has 0 unspecified atom stereocenters. The molecular formula is C24H18F3N5O4. The SMILES string of the molecule is Cc1noc(-c2ccccc2OCCn2nc3ccc(-c4ccc(OC(F)(F)F)cc4)cn3c2=O)n1. The summed E-state index contributed by atoms with van der Waals surface area (Å²) >= 11 is 0. The average molecular weight is 497 g/mol. The van der Waals surface area contributed by atoms with Gasteiger partial charge in [-0.05, 0) is 54.4 Å². The lowest BCUT2D eigenvalue weighted by molar-refractivity contribution is -0.274. The van der Waals surface area contributed by atoms with E-state index in [2.05, 4.69) is 20.0 Å². The smallest absolute Gasteiger partial charge is 0.491 e. The second-order valence-electron chi connectivity index (χ2n) is 7.72. The van der Waals surface area contributed by atoms with E-state index in [1.54, 1.807) is 37.4 Å². The summed E-state index contributed by atoms with van der Waals surface area (Å²) in [7, 11) is 0. The van der Waals surface area contributed by atoms with E-state index in [4.69, 9.17) is 9.26 Å². The number of para-hydroxylation sites is 1. The molecule has 0 fully saturated rings. The molecule has 0 spiro atoms. The van der Waals surface area contributed by atoms with Gasteiger partial charge >= 0.3 is 12.1 Å². The number of fused-ring (bicyclic) bond motifs is 1. The highest BCUT2D eigenvalue weighted by Gasteiger charge is 2.31. The van der Waals surface area contributed by atoms with Gasteiger partial charge < -0.3 is 14.0 Å². The Morgan fingerprint density at radius 3 is 2.47 bits per heavy atom. The third-order valence-electron chi connectivity index (χ3n) is 5.20. The van der Waals surface area contributed by atoms with E-state index in [-0.39, 0.29) is 24.6 Å². The molecular weight excluding hydrogens is 479 g/mol. The molecule has 9 nitrogen and oxygen atoms in total. The van der Waals surface area contributed by atoms with Crippen LogP contribution in [0.3, 0.4) is 0 Å². The molecule has 0 saturated carbocycles. The lowest BCUT2D eigenvalue weighted by Gasteiger charge is -2.09. The number of hydrogen-bond acceptors (Lipinski definition) is 7. The molecule has 0 bridgehead atoms. The lowest BCUT2D eigenvalue weighted by Crippen LogP contribution is -2.24. The number of nitrogens with zero attached hydrogens (tertiary/aromatic N) is 5. The highest BCUT2D eigenvalue weighted by Crippen LogP contribution is 2.29. The van der Waals surface area contributed by atoms with Crippen molar-refractivity contribution in [3.63, 3.8) is 0 Å². The fourth-order valence-corrected chi connectivity index (χ4v) is 3.60. The van der Waals surface area contributed by atoms with Crippen molar-refractivity contribution in [1.82, 2.24) is 24.3 Å². The largest absolute Gasteiger partial charge is 0.573 e. The summed E-state index contributed by atoms with van der Waals surface area (Å²) in [4.78, 5) is 17.1. The zero-order chi connectivity index (χ0) is 25.3.